The average molecular weight is 329 g/mol. The standard InChI is InChI=1S/C15H23NO7/c17-8-12(19)14(21)13(20)11(18)7-16-10(15(22)23)6-9-4-2-1-3-5-9/h1-5,10-14,16-21H,6-8H2,(H,22,23)/t10-,11?,12?,13?,14?/m0/s1. The lowest BCUT2D eigenvalue weighted by molar-refractivity contribution is -0.140. The number of aliphatic carboxylic acids is 1. The van der Waals surface area contributed by atoms with Gasteiger partial charge in [0.15, 0.2) is 0 Å². The monoisotopic (exact) mass is 329 g/mol. The molecule has 0 spiro atoms. The third-order valence-corrected chi connectivity index (χ3v) is 3.48. The third kappa shape index (κ3) is 6.22. The van der Waals surface area contributed by atoms with Crippen molar-refractivity contribution in [1.82, 2.24) is 5.32 Å². The van der Waals surface area contributed by atoms with E-state index in [1.54, 1.807) is 30.3 Å². The van der Waals surface area contributed by atoms with Gasteiger partial charge in [0.25, 0.3) is 0 Å². The molecule has 23 heavy (non-hydrogen) atoms. The number of carboxylic acids is 1. The Bertz CT molecular complexity index is 470. The molecule has 0 aliphatic heterocycles. The van der Waals surface area contributed by atoms with Crippen molar-refractivity contribution < 1.29 is 35.4 Å². The summed E-state index contributed by atoms with van der Waals surface area (Å²) in [5.74, 6) is -1.12. The zero-order valence-corrected chi connectivity index (χ0v) is 12.5. The van der Waals surface area contributed by atoms with Gasteiger partial charge >= 0.3 is 5.97 Å². The highest BCUT2D eigenvalue weighted by atomic mass is 16.4. The number of carbonyl (C=O) groups is 1. The maximum atomic E-state index is 11.2. The minimum atomic E-state index is -1.74. The van der Waals surface area contributed by atoms with Crippen LogP contribution in [0.25, 0.3) is 0 Å². The highest BCUT2D eigenvalue weighted by molar-refractivity contribution is 5.73. The fourth-order valence-electron chi connectivity index (χ4n) is 2.04. The summed E-state index contributed by atoms with van der Waals surface area (Å²) in [5, 5.41) is 58.6. The summed E-state index contributed by atoms with van der Waals surface area (Å²) in [7, 11) is 0. The van der Waals surface area contributed by atoms with Crippen LogP contribution in [0.1, 0.15) is 5.56 Å². The van der Waals surface area contributed by atoms with Crippen LogP contribution in [0.5, 0.6) is 0 Å². The largest absolute Gasteiger partial charge is 0.480 e. The molecule has 1 aromatic carbocycles. The summed E-state index contributed by atoms with van der Waals surface area (Å²) >= 11 is 0. The molecule has 0 saturated heterocycles. The van der Waals surface area contributed by atoms with E-state index >= 15 is 0 Å². The molecule has 0 aliphatic rings. The molecule has 0 fully saturated rings. The Hall–Kier alpha value is -1.55. The lowest BCUT2D eigenvalue weighted by Crippen LogP contribution is -2.51. The molecule has 8 heteroatoms. The number of benzene rings is 1. The molecule has 0 saturated carbocycles. The molecule has 0 heterocycles. The Labute approximate surface area is 133 Å². The molecule has 7 N–H and O–H groups in total. The van der Waals surface area contributed by atoms with E-state index in [0.717, 1.165) is 5.56 Å². The number of nitrogens with one attached hydrogen (secondary N) is 1. The van der Waals surface area contributed by atoms with E-state index in [1.807, 2.05) is 0 Å². The van der Waals surface area contributed by atoms with E-state index in [2.05, 4.69) is 5.32 Å². The van der Waals surface area contributed by atoms with E-state index in [1.165, 1.54) is 0 Å². The Morgan fingerprint density at radius 3 is 2.09 bits per heavy atom. The SMILES string of the molecule is O=C(O)[C@H](Cc1ccccc1)NCC(O)C(O)C(O)C(O)CO. The van der Waals surface area contributed by atoms with Gasteiger partial charge in [0.05, 0.1) is 12.7 Å². The van der Waals surface area contributed by atoms with Crippen molar-refractivity contribution in [2.24, 2.45) is 0 Å². The van der Waals surface area contributed by atoms with E-state index < -0.39 is 43.0 Å². The van der Waals surface area contributed by atoms with Crippen molar-refractivity contribution in [2.75, 3.05) is 13.2 Å². The van der Waals surface area contributed by atoms with Gasteiger partial charge in [-0.3, -0.25) is 4.79 Å². The molecule has 0 bridgehead atoms. The summed E-state index contributed by atoms with van der Waals surface area (Å²) in [6, 6.07) is 7.91. The van der Waals surface area contributed by atoms with Crippen LogP contribution in [-0.2, 0) is 11.2 Å². The van der Waals surface area contributed by atoms with Crippen molar-refractivity contribution in [3.8, 4) is 0 Å². The predicted octanol–water partition coefficient (Wildman–Crippen LogP) is -2.29. The van der Waals surface area contributed by atoms with E-state index in [-0.39, 0.29) is 13.0 Å². The van der Waals surface area contributed by atoms with E-state index in [0.29, 0.717) is 0 Å². The molecule has 130 valence electrons. The minimum Gasteiger partial charge on any atom is -0.480 e. The quantitative estimate of drug-likeness (QED) is 0.253. The lowest BCUT2D eigenvalue weighted by Gasteiger charge is -2.26. The molecule has 4 unspecified atom stereocenters. The first-order chi connectivity index (χ1) is 10.9. The van der Waals surface area contributed by atoms with Crippen LogP contribution in [0, 0.1) is 0 Å². The van der Waals surface area contributed by atoms with Crippen LogP contribution in [0.2, 0.25) is 0 Å². The summed E-state index contributed by atoms with van der Waals surface area (Å²) in [6.45, 7) is -1.08. The van der Waals surface area contributed by atoms with Crippen molar-refractivity contribution >= 4 is 5.97 Å². The summed E-state index contributed by atoms with van der Waals surface area (Å²) in [4.78, 5) is 11.2. The number of hydrogen-bond donors (Lipinski definition) is 7. The molecular weight excluding hydrogens is 306 g/mol. The average Bonchev–Trinajstić information content (AvgIpc) is 2.56. The second-order valence-electron chi connectivity index (χ2n) is 5.29. The second kappa shape index (κ2) is 9.56. The van der Waals surface area contributed by atoms with Gasteiger partial charge in [0.1, 0.15) is 24.4 Å². The molecule has 0 aromatic heterocycles. The fourth-order valence-corrected chi connectivity index (χ4v) is 2.04. The van der Waals surface area contributed by atoms with Gasteiger partial charge < -0.3 is 36.0 Å². The Kier molecular flexibility index (Phi) is 8.10. The van der Waals surface area contributed by atoms with Crippen LogP contribution in [0.15, 0.2) is 30.3 Å². The Balaban J connectivity index is 2.56. The van der Waals surface area contributed by atoms with E-state index in [9.17, 15) is 30.3 Å². The maximum Gasteiger partial charge on any atom is 0.321 e. The number of rotatable bonds is 10. The summed E-state index contributed by atoms with van der Waals surface area (Å²) in [6.07, 6.45) is -6.39. The lowest BCUT2D eigenvalue weighted by atomic mass is 10.0. The first-order valence-corrected chi connectivity index (χ1v) is 7.20. The normalized spacial score (nSPS) is 18.0. The van der Waals surface area contributed by atoms with Crippen LogP contribution in [-0.4, -0.2) is 80.2 Å². The predicted molar refractivity (Wildman–Crippen MR) is 80.7 cm³/mol. The second-order valence-corrected chi connectivity index (χ2v) is 5.29. The third-order valence-electron chi connectivity index (χ3n) is 3.48. The Morgan fingerprint density at radius 2 is 1.57 bits per heavy atom. The number of aliphatic hydroxyl groups is 5. The van der Waals surface area contributed by atoms with Crippen LogP contribution in [0.3, 0.4) is 0 Å². The van der Waals surface area contributed by atoms with Crippen LogP contribution < -0.4 is 5.32 Å². The van der Waals surface area contributed by atoms with Gasteiger partial charge in [0, 0.05) is 6.54 Å². The smallest absolute Gasteiger partial charge is 0.321 e. The summed E-state index contributed by atoms with van der Waals surface area (Å²) in [5.41, 5.74) is 0.790. The van der Waals surface area contributed by atoms with Gasteiger partial charge in [-0.15, -0.1) is 0 Å². The molecule has 0 amide bonds. The fraction of sp³-hybridized carbons (Fsp3) is 0.533. The minimum absolute atomic E-state index is 0.181. The molecule has 8 nitrogen and oxygen atoms in total. The van der Waals surface area contributed by atoms with Gasteiger partial charge in [-0.25, -0.2) is 0 Å². The maximum absolute atomic E-state index is 11.2. The van der Waals surface area contributed by atoms with Crippen molar-refractivity contribution in [2.45, 2.75) is 36.9 Å². The van der Waals surface area contributed by atoms with Crippen LogP contribution in [0.4, 0.5) is 0 Å². The van der Waals surface area contributed by atoms with Crippen molar-refractivity contribution in [1.29, 1.82) is 0 Å². The molecular formula is C15H23NO7. The number of aliphatic hydroxyl groups excluding tert-OH is 5. The van der Waals surface area contributed by atoms with Gasteiger partial charge in [-0.1, -0.05) is 30.3 Å². The highest BCUT2D eigenvalue weighted by Gasteiger charge is 2.30. The van der Waals surface area contributed by atoms with Gasteiger partial charge in [-0.2, -0.15) is 0 Å². The van der Waals surface area contributed by atoms with Crippen LogP contribution >= 0.6 is 0 Å². The first kappa shape index (κ1) is 19.5. The number of carboxylic acid groups (broad SMARTS) is 1. The molecule has 0 radical (unpaired) electrons. The first-order valence-electron chi connectivity index (χ1n) is 7.20. The van der Waals surface area contributed by atoms with Gasteiger partial charge in [-0.05, 0) is 12.0 Å². The molecule has 0 aliphatic carbocycles. The topological polar surface area (TPSA) is 150 Å². The zero-order valence-electron chi connectivity index (χ0n) is 12.5. The van der Waals surface area contributed by atoms with Crippen molar-refractivity contribution in [3.63, 3.8) is 0 Å². The van der Waals surface area contributed by atoms with Gasteiger partial charge in [0.2, 0.25) is 0 Å². The molecule has 1 rings (SSSR count). The molecule has 5 atom stereocenters. The Morgan fingerprint density at radius 1 is 1.00 bits per heavy atom. The summed E-state index contributed by atoms with van der Waals surface area (Å²) < 4.78 is 0. The van der Waals surface area contributed by atoms with E-state index in [4.69, 9.17) is 5.11 Å². The molecule has 1 aromatic rings. The highest BCUT2D eigenvalue weighted by Crippen LogP contribution is 2.07. The van der Waals surface area contributed by atoms with Crippen molar-refractivity contribution in [3.05, 3.63) is 35.9 Å². The number of hydrogen-bond acceptors (Lipinski definition) is 7. The zero-order chi connectivity index (χ0) is 17.4.